The van der Waals surface area contributed by atoms with E-state index in [1.54, 1.807) is 15.6 Å². The summed E-state index contributed by atoms with van der Waals surface area (Å²) in [5, 5.41) is 17.9. The molecule has 0 radical (unpaired) electrons. The summed E-state index contributed by atoms with van der Waals surface area (Å²) in [6, 6.07) is 3.54. The highest BCUT2D eigenvalue weighted by atomic mass is 16.3. The first-order valence-corrected chi connectivity index (χ1v) is 8.65. The summed E-state index contributed by atoms with van der Waals surface area (Å²) in [5.74, 6) is 1.13. The van der Waals surface area contributed by atoms with Crippen LogP contribution in [-0.4, -0.2) is 49.3 Å². The van der Waals surface area contributed by atoms with Crippen LogP contribution < -0.4 is 5.32 Å². The second-order valence-electron chi connectivity index (χ2n) is 7.03. The van der Waals surface area contributed by atoms with E-state index in [4.69, 9.17) is 0 Å². The maximum absolute atomic E-state index is 12.5. The van der Waals surface area contributed by atoms with Gasteiger partial charge in [0.2, 0.25) is 0 Å². The number of aliphatic hydroxyl groups is 1. The van der Waals surface area contributed by atoms with E-state index in [0.717, 1.165) is 18.5 Å². The van der Waals surface area contributed by atoms with E-state index in [-0.39, 0.29) is 6.03 Å². The van der Waals surface area contributed by atoms with Gasteiger partial charge in [0.05, 0.1) is 17.5 Å². The number of carbonyl (C=O) groups excluding carboxylic acids is 1. The van der Waals surface area contributed by atoms with Crippen LogP contribution in [0.4, 0.5) is 10.5 Å². The van der Waals surface area contributed by atoms with Crippen molar-refractivity contribution in [3.63, 3.8) is 0 Å². The fourth-order valence-corrected chi connectivity index (χ4v) is 3.72. The highest BCUT2D eigenvalue weighted by molar-refractivity contribution is 5.89. The molecule has 1 saturated carbocycles. The van der Waals surface area contributed by atoms with Gasteiger partial charge in [-0.25, -0.2) is 14.3 Å². The monoisotopic (exact) mass is 329 g/mol. The lowest BCUT2D eigenvalue weighted by atomic mass is 9.69. The predicted molar refractivity (Wildman–Crippen MR) is 89.8 cm³/mol. The van der Waals surface area contributed by atoms with Gasteiger partial charge in [-0.15, -0.1) is 0 Å². The number of pyridine rings is 1. The number of nitrogens with one attached hydrogen (secondary N) is 1. The van der Waals surface area contributed by atoms with Crippen LogP contribution >= 0.6 is 0 Å². The summed E-state index contributed by atoms with van der Waals surface area (Å²) in [6.07, 6.45) is 6.59. The van der Waals surface area contributed by atoms with Gasteiger partial charge in [0.1, 0.15) is 5.82 Å². The number of fused-ring (bicyclic) bond motifs is 1. The molecule has 7 heteroatoms. The van der Waals surface area contributed by atoms with Crippen LogP contribution in [0.2, 0.25) is 0 Å². The molecule has 2 N–H and O–H groups in total. The van der Waals surface area contributed by atoms with E-state index < -0.39 is 5.60 Å². The van der Waals surface area contributed by atoms with Crippen LogP contribution in [0, 0.1) is 12.8 Å². The number of amides is 2. The Hall–Kier alpha value is -2.15. The van der Waals surface area contributed by atoms with Gasteiger partial charge in [-0.1, -0.05) is 6.42 Å². The quantitative estimate of drug-likeness (QED) is 0.885. The van der Waals surface area contributed by atoms with Crippen molar-refractivity contribution in [2.24, 2.45) is 5.92 Å². The number of anilines is 1. The summed E-state index contributed by atoms with van der Waals surface area (Å²) in [5.41, 5.74) is 0.887. The first kappa shape index (κ1) is 15.4. The number of piperidine rings is 1. The standard InChI is InChI=1S/C17H23N5O2/c1-12-18-15-6-5-14(11-22(15)20-12)19-16(23)21-9-7-17(24,8-10-21)13-3-2-4-13/h5-6,11,13,24H,2-4,7-10H2,1H3,(H,19,23). The Labute approximate surface area is 140 Å². The van der Waals surface area contributed by atoms with E-state index in [0.29, 0.717) is 43.4 Å². The summed E-state index contributed by atoms with van der Waals surface area (Å²) < 4.78 is 1.66. The summed E-state index contributed by atoms with van der Waals surface area (Å²) >= 11 is 0. The maximum Gasteiger partial charge on any atom is 0.321 e. The molecule has 2 aromatic heterocycles. The number of carbonyl (C=O) groups is 1. The van der Waals surface area contributed by atoms with Gasteiger partial charge in [-0.2, -0.15) is 5.10 Å². The second-order valence-corrected chi connectivity index (χ2v) is 7.03. The first-order valence-electron chi connectivity index (χ1n) is 8.65. The second kappa shape index (κ2) is 5.73. The number of aromatic nitrogens is 3. The fourth-order valence-electron chi connectivity index (χ4n) is 3.72. The topological polar surface area (TPSA) is 82.8 Å². The SMILES string of the molecule is Cc1nc2ccc(NC(=O)N3CCC(O)(C4CCC4)CC3)cn2n1. The molecule has 1 aliphatic heterocycles. The van der Waals surface area contributed by atoms with Crippen molar-refractivity contribution >= 4 is 17.4 Å². The van der Waals surface area contributed by atoms with E-state index >= 15 is 0 Å². The summed E-state index contributed by atoms with van der Waals surface area (Å²) in [7, 11) is 0. The van der Waals surface area contributed by atoms with Crippen molar-refractivity contribution in [3.8, 4) is 0 Å². The molecular formula is C17H23N5O2. The normalized spacial score (nSPS) is 20.8. The third-order valence-corrected chi connectivity index (χ3v) is 5.47. The van der Waals surface area contributed by atoms with E-state index in [9.17, 15) is 9.90 Å². The Morgan fingerprint density at radius 3 is 2.75 bits per heavy atom. The van der Waals surface area contributed by atoms with Gasteiger partial charge in [0.15, 0.2) is 5.65 Å². The van der Waals surface area contributed by atoms with Crippen LogP contribution in [-0.2, 0) is 0 Å². The lowest BCUT2D eigenvalue weighted by molar-refractivity contribution is -0.0845. The summed E-state index contributed by atoms with van der Waals surface area (Å²) in [6.45, 7) is 3.04. The highest BCUT2D eigenvalue weighted by Gasteiger charge is 2.42. The van der Waals surface area contributed by atoms with Crippen molar-refractivity contribution in [1.29, 1.82) is 0 Å². The Bertz CT molecular complexity index is 759. The lowest BCUT2D eigenvalue weighted by Gasteiger charge is -2.46. The van der Waals surface area contributed by atoms with Gasteiger partial charge in [0, 0.05) is 13.1 Å². The summed E-state index contributed by atoms with van der Waals surface area (Å²) in [4.78, 5) is 18.5. The molecule has 0 aromatic carbocycles. The van der Waals surface area contributed by atoms with Crippen LogP contribution in [0.25, 0.3) is 5.65 Å². The Morgan fingerprint density at radius 2 is 2.08 bits per heavy atom. The average Bonchev–Trinajstić information content (AvgIpc) is 2.85. The fraction of sp³-hybridized carbons (Fsp3) is 0.588. The van der Waals surface area contributed by atoms with Gasteiger partial charge >= 0.3 is 6.03 Å². The minimum Gasteiger partial charge on any atom is -0.389 e. The van der Waals surface area contributed by atoms with Crippen LogP contribution in [0.1, 0.15) is 37.9 Å². The van der Waals surface area contributed by atoms with E-state index in [1.807, 2.05) is 19.1 Å². The van der Waals surface area contributed by atoms with Gasteiger partial charge < -0.3 is 15.3 Å². The number of rotatable bonds is 2. The zero-order valence-corrected chi connectivity index (χ0v) is 13.9. The van der Waals surface area contributed by atoms with Crippen LogP contribution in [0.5, 0.6) is 0 Å². The third-order valence-electron chi connectivity index (χ3n) is 5.47. The van der Waals surface area contributed by atoms with Gasteiger partial charge in [-0.3, -0.25) is 0 Å². The van der Waals surface area contributed by atoms with Crippen LogP contribution in [0.3, 0.4) is 0 Å². The van der Waals surface area contributed by atoms with Crippen molar-refractivity contribution in [2.75, 3.05) is 18.4 Å². The molecule has 0 bridgehead atoms. The molecular weight excluding hydrogens is 306 g/mol. The molecule has 4 rings (SSSR count). The molecule has 1 saturated heterocycles. The number of nitrogens with zero attached hydrogens (tertiary/aromatic N) is 4. The average molecular weight is 329 g/mol. The van der Waals surface area contributed by atoms with E-state index in [1.165, 1.54) is 6.42 Å². The molecule has 24 heavy (non-hydrogen) atoms. The molecule has 1 aliphatic carbocycles. The van der Waals surface area contributed by atoms with Crippen molar-refractivity contribution in [2.45, 2.75) is 44.6 Å². The van der Waals surface area contributed by atoms with Crippen molar-refractivity contribution in [1.82, 2.24) is 19.5 Å². The molecule has 0 atom stereocenters. The highest BCUT2D eigenvalue weighted by Crippen LogP contribution is 2.41. The molecule has 3 heterocycles. The van der Waals surface area contributed by atoms with Gasteiger partial charge in [0.25, 0.3) is 0 Å². The molecule has 7 nitrogen and oxygen atoms in total. The smallest absolute Gasteiger partial charge is 0.321 e. The maximum atomic E-state index is 12.5. The number of likely N-dealkylation sites (tertiary alicyclic amines) is 1. The molecule has 2 fully saturated rings. The molecule has 0 spiro atoms. The molecule has 2 amide bonds. The first-order chi connectivity index (χ1) is 11.5. The van der Waals surface area contributed by atoms with Crippen LogP contribution in [0.15, 0.2) is 18.3 Å². The number of hydrogen-bond acceptors (Lipinski definition) is 4. The largest absolute Gasteiger partial charge is 0.389 e. The van der Waals surface area contributed by atoms with E-state index in [2.05, 4.69) is 15.4 Å². The van der Waals surface area contributed by atoms with Gasteiger partial charge in [-0.05, 0) is 50.7 Å². The number of aryl methyl sites for hydroxylation is 1. The molecule has 2 aliphatic rings. The number of hydrogen-bond donors (Lipinski definition) is 2. The minimum atomic E-state index is -0.563. The Kier molecular flexibility index (Phi) is 3.68. The zero-order chi connectivity index (χ0) is 16.7. The van der Waals surface area contributed by atoms with Crippen molar-refractivity contribution < 1.29 is 9.90 Å². The lowest BCUT2D eigenvalue weighted by Crippen LogP contribution is -2.52. The zero-order valence-electron chi connectivity index (χ0n) is 13.9. The molecule has 0 unspecified atom stereocenters. The predicted octanol–water partition coefficient (Wildman–Crippen LogP) is 2.20. The third kappa shape index (κ3) is 2.73. The Balaban J connectivity index is 1.39. The minimum absolute atomic E-state index is 0.123. The molecule has 2 aromatic rings. The molecule has 128 valence electrons. The Morgan fingerprint density at radius 1 is 1.33 bits per heavy atom. The van der Waals surface area contributed by atoms with Crippen molar-refractivity contribution in [3.05, 3.63) is 24.2 Å². The number of urea groups is 1.